The van der Waals surface area contributed by atoms with Crippen molar-refractivity contribution < 1.29 is 0 Å². The summed E-state index contributed by atoms with van der Waals surface area (Å²) in [5, 5.41) is 3.55. The first-order valence-electron chi connectivity index (χ1n) is 5.38. The zero-order valence-corrected chi connectivity index (χ0v) is 8.92. The molecule has 0 aromatic rings. The van der Waals surface area contributed by atoms with Crippen molar-refractivity contribution in [3.63, 3.8) is 0 Å². The third kappa shape index (κ3) is 3.12. The number of nitrogens with zero attached hydrogens (tertiary/aromatic N) is 1. The zero-order chi connectivity index (χ0) is 9.68. The molecule has 2 nitrogen and oxygen atoms in total. The molecular weight excluding hydrogens is 160 g/mol. The van der Waals surface area contributed by atoms with Gasteiger partial charge in [0.25, 0.3) is 0 Å². The van der Waals surface area contributed by atoms with Crippen molar-refractivity contribution in [1.29, 1.82) is 0 Å². The molecule has 1 rings (SSSR count). The lowest BCUT2D eigenvalue weighted by molar-refractivity contribution is 0.171. The van der Waals surface area contributed by atoms with Crippen LogP contribution >= 0.6 is 0 Å². The minimum absolute atomic E-state index is 0.529. The fourth-order valence-corrected chi connectivity index (χ4v) is 1.91. The average molecular weight is 182 g/mol. The largest absolute Gasteiger partial charge is 0.311 e. The number of nitrogens with one attached hydrogen (secondary N) is 1. The Labute approximate surface area is 82.0 Å². The number of hydrogen-bond acceptors (Lipinski definition) is 2. The molecule has 1 N–H and O–H groups in total. The van der Waals surface area contributed by atoms with Gasteiger partial charge in [0.2, 0.25) is 0 Å². The van der Waals surface area contributed by atoms with Crippen LogP contribution in [0.2, 0.25) is 0 Å². The summed E-state index contributed by atoms with van der Waals surface area (Å²) in [6.45, 7) is 11.8. The SMILES string of the molecule is C=CC(C)N1CCNC(CCC)C1. The Balaban J connectivity index is 2.36. The van der Waals surface area contributed by atoms with E-state index in [1.54, 1.807) is 0 Å². The van der Waals surface area contributed by atoms with E-state index >= 15 is 0 Å². The van der Waals surface area contributed by atoms with Crippen LogP contribution in [0.1, 0.15) is 26.7 Å². The summed E-state index contributed by atoms with van der Waals surface area (Å²) in [5.41, 5.74) is 0. The van der Waals surface area contributed by atoms with Crippen molar-refractivity contribution >= 4 is 0 Å². The van der Waals surface area contributed by atoms with Gasteiger partial charge in [-0.05, 0) is 13.3 Å². The number of piperazine rings is 1. The van der Waals surface area contributed by atoms with Crippen LogP contribution in [-0.4, -0.2) is 36.6 Å². The van der Waals surface area contributed by atoms with Gasteiger partial charge in [0.15, 0.2) is 0 Å². The highest BCUT2D eigenvalue weighted by molar-refractivity contribution is 4.89. The Bertz CT molecular complexity index is 154. The van der Waals surface area contributed by atoms with Gasteiger partial charge >= 0.3 is 0 Å². The molecule has 0 aliphatic carbocycles. The lowest BCUT2D eigenvalue weighted by Crippen LogP contribution is -2.52. The quantitative estimate of drug-likeness (QED) is 0.665. The molecule has 0 spiro atoms. The van der Waals surface area contributed by atoms with E-state index in [9.17, 15) is 0 Å². The molecule has 1 fully saturated rings. The first kappa shape index (κ1) is 10.7. The highest BCUT2D eigenvalue weighted by Crippen LogP contribution is 2.08. The van der Waals surface area contributed by atoms with Crippen molar-refractivity contribution in [3.8, 4) is 0 Å². The molecule has 2 atom stereocenters. The second-order valence-corrected chi connectivity index (χ2v) is 3.91. The summed E-state index contributed by atoms with van der Waals surface area (Å²) < 4.78 is 0. The summed E-state index contributed by atoms with van der Waals surface area (Å²) >= 11 is 0. The van der Waals surface area contributed by atoms with E-state index in [1.165, 1.54) is 19.4 Å². The lowest BCUT2D eigenvalue weighted by atomic mass is 10.1. The van der Waals surface area contributed by atoms with E-state index in [2.05, 4.69) is 30.6 Å². The molecular formula is C11H22N2. The second kappa shape index (κ2) is 5.40. The second-order valence-electron chi connectivity index (χ2n) is 3.91. The summed E-state index contributed by atoms with van der Waals surface area (Å²) in [6.07, 6.45) is 4.60. The van der Waals surface area contributed by atoms with Crippen LogP contribution in [-0.2, 0) is 0 Å². The molecule has 2 heteroatoms. The van der Waals surface area contributed by atoms with E-state index in [1.807, 2.05) is 6.08 Å². The molecule has 0 bridgehead atoms. The minimum atomic E-state index is 0.529. The maximum Gasteiger partial charge on any atom is 0.0248 e. The number of hydrogen-bond donors (Lipinski definition) is 1. The van der Waals surface area contributed by atoms with E-state index in [4.69, 9.17) is 0 Å². The molecule has 76 valence electrons. The summed E-state index contributed by atoms with van der Waals surface area (Å²) in [5.74, 6) is 0. The first-order chi connectivity index (χ1) is 6.27. The van der Waals surface area contributed by atoms with Crippen molar-refractivity contribution in [3.05, 3.63) is 12.7 Å². The Morgan fingerprint density at radius 2 is 2.46 bits per heavy atom. The van der Waals surface area contributed by atoms with Gasteiger partial charge < -0.3 is 5.32 Å². The van der Waals surface area contributed by atoms with Crippen molar-refractivity contribution in [2.45, 2.75) is 38.8 Å². The molecule has 2 unspecified atom stereocenters. The Morgan fingerprint density at radius 3 is 3.08 bits per heavy atom. The molecule has 0 amide bonds. The molecule has 1 heterocycles. The highest BCUT2D eigenvalue weighted by atomic mass is 15.2. The predicted octanol–water partition coefficient (Wildman–Crippen LogP) is 1.63. The third-order valence-corrected chi connectivity index (χ3v) is 2.84. The summed E-state index contributed by atoms with van der Waals surface area (Å²) in [4.78, 5) is 2.50. The monoisotopic (exact) mass is 182 g/mol. The zero-order valence-electron chi connectivity index (χ0n) is 8.92. The van der Waals surface area contributed by atoms with Crippen LogP contribution in [0.15, 0.2) is 12.7 Å². The van der Waals surface area contributed by atoms with Crippen molar-refractivity contribution in [1.82, 2.24) is 10.2 Å². The minimum Gasteiger partial charge on any atom is -0.311 e. The average Bonchev–Trinajstić information content (AvgIpc) is 2.18. The molecule has 0 radical (unpaired) electrons. The fraction of sp³-hybridized carbons (Fsp3) is 0.818. The molecule has 0 aromatic carbocycles. The molecule has 0 aromatic heterocycles. The third-order valence-electron chi connectivity index (χ3n) is 2.84. The Morgan fingerprint density at radius 1 is 1.69 bits per heavy atom. The van der Waals surface area contributed by atoms with Crippen LogP contribution < -0.4 is 5.32 Å². The molecule has 0 saturated carbocycles. The van der Waals surface area contributed by atoms with Crippen LogP contribution in [0.3, 0.4) is 0 Å². The molecule has 1 aliphatic rings. The lowest BCUT2D eigenvalue weighted by Gasteiger charge is -2.36. The van der Waals surface area contributed by atoms with Crippen LogP contribution in [0.4, 0.5) is 0 Å². The maximum absolute atomic E-state index is 3.84. The van der Waals surface area contributed by atoms with Crippen molar-refractivity contribution in [2.24, 2.45) is 0 Å². The van der Waals surface area contributed by atoms with E-state index in [0.717, 1.165) is 13.1 Å². The van der Waals surface area contributed by atoms with Gasteiger partial charge in [-0.2, -0.15) is 0 Å². The first-order valence-corrected chi connectivity index (χ1v) is 5.38. The van der Waals surface area contributed by atoms with Crippen LogP contribution in [0, 0.1) is 0 Å². The summed E-state index contributed by atoms with van der Waals surface area (Å²) in [6, 6.07) is 1.22. The standard InChI is InChI=1S/C11H22N2/c1-4-6-11-9-13(8-7-12-11)10(3)5-2/h5,10-12H,2,4,6-9H2,1,3H3. The Kier molecular flexibility index (Phi) is 4.46. The van der Waals surface area contributed by atoms with Gasteiger partial charge in [-0.25, -0.2) is 0 Å². The molecule has 13 heavy (non-hydrogen) atoms. The fourth-order valence-electron chi connectivity index (χ4n) is 1.91. The molecule has 1 saturated heterocycles. The van der Waals surface area contributed by atoms with E-state index in [0.29, 0.717) is 12.1 Å². The number of rotatable bonds is 4. The van der Waals surface area contributed by atoms with E-state index in [-0.39, 0.29) is 0 Å². The maximum atomic E-state index is 3.84. The van der Waals surface area contributed by atoms with Gasteiger partial charge in [-0.3, -0.25) is 4.90 Å². The van der Waals surface area contributed by atoms with E-state index < -0.39 is 0 Å². The van der Waals surface area contributed by atoms with Gasteiger partial charge in [0, 0.05) is 31.7 Å². The van der Waals surface area contributed by atoms with Gasteiger partial charge in [-0.1, -0.05) is 19.4 Å². The topological polar surface area (TPSA) is 15.3 Å². The predicted molar refractivity (Wildman–Crippen MR) is 57.9 cm³/mol. The van der Waals surface area contributed by atoms with Gasteiger partial charge in [0.05, 0.1) is 0 Å². The van der Waals surface area contributed by atoms with Crippen molar-refractivity contribution in [2.75, 3.05) is 19.6 Å². The molecule has 1 aliphatic heterocycles. The smallest absolute Gasteiger partial charge is 0.0248 e. The highest BCUT2D eigenvalue weighted by Gasteiger charge is 2.20. The van der Waals surface area contributed by atoms with Crippen LogP contribution in [0.25, 0.3) is 0 Å². The Hall–Kier alpha value is -0.340. The normalized spacial score (nSPS) is 27.1. The van der Waals surface area contributed by atoms with Crippen LogP contribution in [0.5, 0.6) is 0 Å². The summed E-state index contributed by atoms with van der Waals surface area (Å²) in [7, 11) is 0. The van der Waals surface area contributed by atoms with Gasteiger partial charge in [-0.15, -0.1) is 6.58 Å². The van der Waals surface area contributed by atoms with Gasteiger partial charge in [0.1, 0.15) is 0 Å².